The minimum Gasteiger partial charge on any atom is -0.480 e. The molecule has 0 aromatic heterocycles. The van der Waals surface area contributed by atoms with Gasteiger partial charge in [-0.1, -0.05) is 19.8 Å². The molecule has 0 spiro atoms. The number of aliphatic carboxylic acids is 1. The molecule has 94 valence electrons. The molecule has 0 aliphatic heterocycles. The van der Waals surface area contributed by atoms with Crippen molar-refractivity contribution in [2.75, 3.05) is 6.54 Å². The summed E-state index contributed by atoms with van der Waals surface area (Å²) in [5.74, 6) is -1.28. The molecule has 6 heteroatoms. The van der Waals surface area contributed by atoms with Gasteiger partial charge in [0.1, 0.15) is 0 Å². The van der Waals surface area contributed by atoms with Crippen LogP contribution in [0.1, 0.15) is 39.5 Å². The van der Waals surface area contributed by atoms with Crippen molar-refractivity contribution in [3.63, 3.8) is 0 Å². The lowest BCUT2D eigenvalue weighted by molar-refractivity contribution is -0.136. The molecular weight excluding hydrogens is 230 g/mol. The average Bonchev–Trinajstić information content (AvgIpc) is 2.70. The van der Waals surface area contributed by atoms with Crippen molar-refractivity contribution in [3.05, 3.63) is 0 Å². The summed E-state index contributed by atoms with van der Waals surface area (Å²) >= 11 is 0. The molecule has 1 aliphatic rings. The Hall–Kier alpha value is -0.620. The highest BCUT2D eigenvalue weighted by atomic mass is 32.2. The third-order valence-corrected chi connectivity index (χ3v) is 5.47. The molecule has 1 atom stereocenters. The maximum absolute atomic E-state index is 12.0. The summed E-state index contributed by atoms with van der Waals surface area (Å²) in [5, 5.41) is 7.45. The first-order chi connectivity index (χ1) is 7.41. The van der Waals surface area contributed by atoms with Crippen LogP contribution in [-0.2, 0) is 14.8 Å². The van der Waals surface area contributed by atoms with Crippen molar-refractivity contribution in [3.8, 4) is 0 Å². The highest BCUT2D eigenvalue weighted by molar-refractivity contribution is 7.90. The molecule has 16 heavy (non-hydrogen) atoms. The van der Waals surface area contributed by atoms with Crippen LogP contribution >= 0.6 is 0 Å². The molecule has 1 N–H and O–H groups in total. The molecule has 0 saturated heterocycles. The largest absolute Gasteiger partial charge is 0.480 e. The molecular formula is C10H19NO4S. The summed E-state index contributed by atoms with van der Waals surface area (Å²) in [6.45, 7) is 3.34. The molecule has 1 unspecified atom stereocenters. The van der Waals surface area contributed by atoms with Crippen molar-refractivity contribution in [2.45, 2.75) is 50.8 Å². The van der Waals surface area contributed by atoms with Crippen LogP contribution in [0.2, 0.25) is 0 Å². The highest BCUT2D eigenvalue weighted by Crippen LogP contribution is 2.26. The van der Waals surface area contributed by atoms with Crippen LogP contribution in [0.3, 0.4) is 0 Å². The van der Waals surface area contributed by atoms with Gasteiger partial charge in [-0.25, -0.2) is 8.42 Å². The Morgan fingerprint density at radius 1 is 1.44 bits per heavy atom. The number of nitrogens with zero attached hydrogens (tertiary/aromatic N) is 1. The van der Waals surface area contributed by atoms with Crippen LogP contribution in [0.15, 0.2) is 0 Å². The summed E-state index contributed by atoms with van der Waals surface area (Å²) in [6.07, 6.45) is 3.75. The topological polar surface area (TPSA) is 74.7 Å². The van der Waals surface area contributed by atoms with E-state index >= 15 is 0 Å². The van der Waals surface area contributed by atoms with E-state index in [9.17, 15) is 13.2 Å². The summed E-state index contributed by atoms with van der Waals surface area (Å²) < 4.78 is 25.4. The van der Waals surface area contributed by atoms with Gasteiger partial charge in [-0.05, 0) is 19.8 Å². The van der Waals surface area contributed by atoms with Crippen molar-refractivity contribution >= 4 is 16.0 Å². The zero-order chi connectivity index (χ0) is 12.3. The number of hydrogen-bond donors (Lipinski definition) is 1. The average molecular weight is 249 g/mol. The Morgan fingerprint density at radius 2 is 1.94 bits per heavy atom. The standard InChI is InChI=1S/C10H19NO4S/c1-3-11(9-6-4-5-7-9)16(14,15)8(2)10(12)13/h8-9H,3-7H2,1-2H3,(H,12,13). The molecule has 1 fully saturated rings. The number of sulfonamides is 1. The van der Waals surface area contributed by atoms with Gasteiger partial charge in [0.05, 0.1) is 0 Å². The summed E-state index contributed by atoms with van der Waals surface area (Å²) in [5.41, 5.74) is 0. The first kappa shape index (κ1) is 13.4. The van der Waals surface area contributed by atoms with Gasteiger partial charge in [0.25, 0.3) is 0 Å². The lowest BCUT2D eigenvalue weighted by atomic mass is 10.2. The van der Waals surface area contributed by atoms with E-state index in [4.69, 9.17) is 5.11 Å². The molecule has 1 saturated carbocycles. The Labute approximate surface area is 96.5 Å². The maximum Gasteiger partial charge on any atom is 0.323 e. The smallest absolute Gasteiger partial charge is 0.323 e. The van der Waals surface area contributed by atoms with Crippen LogP contribution in [0, 0.1) is 0 Å². The monoisotopic (exact) mass is 249 g/mol. The van der Waals surface area contributed by atoms with E-state index < -0.39 is 21.2 Å². The first-order valence-electron chi connectivity index (χ1n) is 5.64. The molecule has 5 nitrogen and oxygen atoms in total. The quantitative estimate of drug-likeness (QED) is 0.790. The van der Waals surface area contributed by atoms with Crippen LogP contribution in [-0.4, -0.2) is 41.6 Å². The minimum absolute atomic E-state index is 0.00296. The summed E-state index contributed by atoms with van der Waals surface area (Å²) in [6, 6.07) is -0.00296. The number of carboxylic acids is 1. The van der Waals surface area contributed by atoms with Crippen LogP contribution in [0.4, 0.5) is 0 Å². The Kier molecular flexibility index (Phi) is 4.32. The van der Waals surface area contributed by atoms with E-state index in [1.165, 1.54) is 11.2 Å². The zero-order valence-electron chi connectivity index (χ0n) is 9.72. The van der Waals surface area contributed by atoms with Gasteiger partial charge in [0.15, 0.2) is 5.25 Å². The van der Waals surface area contributed by atoms with Gasteiger partial charge in [0.2, 0.25) is 10.0 Å². The molecule has 0 amide bonds. The molecule has 1 aliphatic carbocycles. The third kappa shape index (κ3) is 2.55. The fourth-order valence-electron chi connectivity index (χ4n) is 2.17. The second-order valence-electron chi connectivity index (χ2n) is 4.17. The minimum atomic E-state index is -3.70. The first-order valence-corrected chi connectivity index (χ1v) is 7.15. The van der Waals surface area contributed by atoms with Gasteiger partial charge >= 0.3 is 5.97 Å². The predicted molar refractivity (Wildman–Crippen MR) is 60.7 cm³/mol. The number of carboxylic acid groups (broad SMARTS) is 1. The molecule has 0 bridgehead atoms. The third-order valence-electron chi connectivity index (χ3n) is 3.17. The normalized spacial score (nSPS) is 20.2. The van der Waals surface area contributed by atoms with Gasteiger partial charge in [0, 0.05) is 12.6 Å². The number of rotatable bonds is 5. The molecule has 0 heterocycles. The van der Waals surface area contributed by atoms with Crippen molar-refractivity contribution in [1.29, 1.82) is 0 Å². The van der Waals surface area contributed by atoms with E-state index in [-0.39, 0.29) is 6.04 Å². The molecule has 0 radical (unpaired) electrons. The fraction of sp³-hybridized carbons (Fsp3) is 0.900. The summed E-state index contributed by atoms with van der Waals surface area (Å²) in [4.78, 5) is 10.8. The zero-order valence-corrected chi connectivity index (χ0v) is 10.5. The number of hydrogen-bond acceptors (Lipinski definition) is 3. The summed E-state index contributed by atoms with van der Waals surface area (Å²) in [7, 11) is -3.70. The van der Waals surface area contributed by atoms with E-state index in [1.807, 2.05) is 0 Å². The van der Waals surface area contributed by atoms with E-state index in [0.29, 0.717) is 6.54 Å². The van der Waals surface area contributed by atoms with Crippen molar-refractivity contribution < 1.29 is 18.3 Å². The van der Waals surface area contributed by atoms with Crippen molar-refractivity contribution in [1.82, 2.24) is 4.31 Å². The Balaban J connectivity index is 2.90. The van der Waals surface area contributed by atoms with Crippen LogP contribution < -0.4 is 0 Å². The fourth-order valence-corrected chi connectivity index (χ4v) is 3.82. The molecule has 0 aromatic rings. The lowest BCUT2D eigenvalue weighted by Gasteiger charge is -2.28. The second kappa shape index (κ2) is 5.14. The second-order valence-corrected chi connectivity index (χ2v) is 6.37. The highest BCUT2D eigenvalue weighted by Gasteiger charge is 2.37. The molecule has 1 rings (SSSR count). The predicted octanol–water partition coefficient (Wildman–Crippen LogP) is 1.05. The van der Waals surface area contributed by atoms with Gasteiger partial charge in [-0.3, -0.25) is 4.79 Å². The lowest BCUT2D eigenvalue weighted by Crippen LogP contribution is -2.45. The number of carbonyl (C=O) groups is 1. The van der Waals surface area contributed by atoms with Crippen molar-refractivity contribution in [2.24, 2.45) is 0 Å². The van der Waals surface area contributed by atoms with Gasteiger partial charge < -0.3 is 5.11 Å². The van der Waals surface area contributed by atoms with Crippen LogP contribution in [0.25, 0.3) is 0 Å². The maximum atomic E-state index is 12.0. The SMILES string of the molecule is CCN(C1CCCC1)S(=O)(=O)C(C)C(=O)O. The van der Waals surface area contributed by atoms with Gasteiger partial charge in [-0.2, -0.15) is 4.31 Å². The van der Waals surface area contributed by atoms with E-state index in [2.05, 4.69) is 0 Å². The Bertz CT molecular complexity index is 346. The Morgan fingerprint density at radius 3 is 2.31 bits per heavy atom. The van der Waals surface area contributed by atoms with E-state index in [1.54, 1.807) is 6.92 Å². The van der Waals surface area contributed by atoms with E-state index in [0.717, 1.165) is 25.7 Å². The van der Waals surface area contributed by atoms with Gasteiger partial charge in [-0.15, -0.1) is 0 Å². The van der Waals surface area contributed by atoms with Crippen LogP contribution in [0.5, 0.6) is 0 Å². The molecule has 0 aromatic carbocycles.